The highest BCUT2D eigenvalue weighted by atomic mass is 16.5. The molecule has 18 heavy (non-hydrogen) atoms. The molecular weight excluding hydrogens is 240 g/mol. The molecular formula is C11H20N2O5. The molecule has 0 aliphatic rings. The standard InChI is InChI=1S/C11H20N2O5/c1-4-5-6-18-11(16)12-7-9(14)13-8(2)10(15)17-3/h8H,4-7H2,1-3H3,(H,12,16)(H,13,14). The fourth-order valence-corrected chi connectivity index (χ4v) is 1.04. The molecule has 2 N–H and O–H groups in total. The van der Waals surface area contributed by atoms with E-state index >= 15 is 0 Å². The SMILES string of the molecule is CCCCOC(=O)NCC(=O)NC(C)C(=O)OC. The van der Waals surface area contributed by atoms with E-state index in [1.807, 2.05) is 6.92 Å². The molecule has 0 aromatic rings. The minimum atomic E-state index is -0.750. The van der Waals surface area contributed by atoms with E-state index in [9.17, 15) is 14.4 Å². The van der Waals surface area contributed by atoms with Gasteiger partial charge in [0.1, 0.15) is 12.6 Å². The van der Waals surface area contributed by atoms with Crippen LogP contribution in [0.15, 0.2) is 0 Å². The highest BCUT2D eigenvalue weighted by molar-refractivity contribution is 5.86. The van der Waals surface area contributed by atoms with Crippen molar-refractivity contribution in [3.05, 3.63) is 0 Å². The molecule has 0 fully saturated rings. The number of nitrogens with one attached hydrogen (secondary N) is 2. The van der Waals surface area contributed by atoms with Crippen LogP contribution < -0.4 is 10.6 Å². The Morgan fingerprint density at radius 1 is 1.28 bits per heavy atom. The Morgan fingerprint density at radius 3 is 2.50 bits per heavy atom. The fourth-order valence-electron chi connectivity index (χ4n) is 1.04. The molecule has 0 aliphatic heterocycles. The molecule has 0 radical (unpaired) electrons. The highest BCUT2D eigenvalue weighted by Crippen LogP contribution is 1.88. The predicted molar refractivity (Wildman–Crippen MR) is 63.9 cm³/mol. The normalized spacial score (nSPS) is 11.3. The van der Waals surface area contributed by atoms with Crippen LogP contribution in [0.2, 0.25) is 0 Å². The largest absolute Gasteiger partial charge is 0.467 e. The lowest BCUT2D eigenvalue weighted by atomic mass is 10.3. The Bertz CT molecular complexity index is 293. The number of rotatable bonds is 7. The van der Waals surface area contributed by atoms with Crippen LogP contribution in [0.25, 0.3) is 0 Å². The molecule has 0 bridgehead atoms. The predicted octanol–water partition coefficient (Wildman–Crippen LogP) is 0.190. The summed E-state index contributed by atoms with van der Waals surface area (Å²) in [6.07, 6.45) is 1.05. The van der Waals surface area contributed by atoms with Gasteiger partial charge in [-0.15, -0.1) is 0 Å². The average Bonchev–Trinajstić information content (AvgIpc) is 2.35. The second-order valence-corrected chi connectivity index (χ2v) is 3.66. The van der Waals surface area contributed by atoms with Gasteiger partial charge in [-0.05, 0) is 13.3 Å². The van der Waals surface area contributed by atoms with Gasteiger partial charge >= 0.3 is 12.1 Å². The maximum Gasteiger partial charge on any atom is 0.407 e. The smallest absolute Gasteiger partial charge is 0.407 e. The zero-order valence-corrected chi connectivity index (χ0v) is 10.9. The van der Waals surface area contributed by atoms with Gasteiger partial charge in [-0.1, -0.05) is 13.3 Å². The molecule has 7 heteroatoms. The number of amides is 2. The molecule has 0 aromatic heterocycles. The summed E-state index contributed by atoms with van der Waals surface area (Å²) in [6.45, 7) is 3.54. The molecule has 2 amide bonds. The first-order valence-corrected chi connectivity index (χ1v) is 5.79. The first kappa shape index (κ1) is 16.2. The molecule has 0 saturated carbocycles. The molecule has 0 spiro atoms. The first-order valence-electron chi connectivity index (χ1n) is 5.79. The molecule has 0 aliphatic carbocycles. The summed E-state index contributed by atoms with van der Waals surface area (Å²) in [4.78, 5) is 33.4. The third kappa shape index (κ3) is 7.48. The van der Waals surface area contributed by atoms with Crippen LogP contribution >= 0.6 is 0 Å². The van der Waals surface area contributed by atoms with Crippen molar-refractivity contribution in [1.82, 2.24) is 10.6 Å². The van der Waals surface area contributed by atoms with Crippen molar-refractivity contribution in [1.29, 1.82) is 0 Å². The lowest BCUT2D eigenvalue weighted by molar-refractivity contribution is -0.144. The third-order valence-electron chi connectivity index (χ3n) is 2.06. The lowest BCUT2D eigenvalue weighted by Gasteiger charge is -2.11. The summed E-state index contributed by atoms with van der Waals surface area (Å²) < 4.78 is 9.22. The number of carbonyl (C=O) groups is 3. The number of carbonyl (C=O) groups excluding carboxylic acids is 3. The van der Waals surface area contributed by atoms with Crippen molar-refractivity contribution in [2.75, 3.05) is 20.3 Å². The van der Waals surface area contributed by atoms with E-state index in [0.29, 0.717) is 6.61 Å². The maximum absolute atomic E-state index is 11.3. The van der Waals surface area contributed by atoms with Gasteiger partial charge in [0.2, 0.25) is 5.91 Å². The van der Waals surface area contributed by atoms with Crippen LogP contribution in [-0.2, 0) is 19.1 Å². The number of ether oxygens (including phenoxy) is 2. The zero-order valence-electron chi connectivity index (χ0n) is 10.9. The van der Waals surface area contributed by atoms with Gasteiger partial charge in [-0.2, -0.15) is 0 Å². The van der Waals surface area contributed by atoms with Gasteiger partial charge in [0.25, 0.3) is 0 Å². The first-order chi connectivity index (χ1) is 8.51. The fraction of sp³-hybridized carbons (Fsp3) is 0.727. The highest BCUT2D eigenvalue weighted by Gasteiger charge is 2.16. The van der Waals surface area contributed by atoms with Crippen molar-refractivity contribution in [3.8, 4) is 0 Å². The summed E-state index contributed by atoms with van der Waals surface area (Å²) in [5.41, 5.74) is 0. The Balaban J connectivity index is 3.76. The number of hydrogen-bond acceptors (Lipinski definition) is 5. The van der Waals surface area contributed by atoms with Crippen molar-refractivity contribution in [3.63, 3.8) is 0 Å². The summed E-state index contributed by atoms with van der Waals surface area (Å²) in [7, 11) is 1.23. The van der Waals surface area contributed by atoms with Gasteiger partial charge < -0.3 is 20.1 Å². The Hall–Kier alpha value is -1.79. The van der Waals surface area contributed by atoms with Crippen molar-refractivity contribution >= 4 is 18.0 Å². The number of esters is 1. The molecule has 0 aromatic carbocycles. The van der Waals surface area contributed by atoms with E-state index in [0.717, 1.165) is 12.8 Å². The third-order valence-corrected chi connectivity index (χ3v) is 2.06. The number of unbranched alkanes of at least 4 members (excludes halogenated alkanes) is 1. The Morgan fingerprint density at radius 2 is 1.94 bits per heavy atom. The van der Waals surface area contributed by atoms with Crippen LogP contribution in [0.3, 0.4) is 0 Å². The lowest BCUT2D eigenvalue weighted by Crippen LogP contribution is -2.44. The number of alkyl carbamates (subject to hydrolysis) is 1. The van der Waals surface area contributed by atoms with E-state index in [1.165, 1.54) is 14.0 Å². The molecule has 104 valence electrons. The van der Waals surface area contributed by atoms with Crippen molar-refractivity contribution in [2.45, 2.75) is 32.7 Å². The summed E-state index contributed by atoms with van der Waals surface area (Å²) in [5, 5.41) is 4.65. The molecule has 7 nitrogen and oxygen atoms in total. The number of hydrogen-bond donors (Lipinski definition) is 2. The second kappa shape index (κ2) is 9.26. The van der Waals surface area contributed by atoms with E-state index in [4.69, 9.17) is 4.74 Å². The minimum Gasteiger partial charge on any atom is -0.467 e. The monoisotopic (exact) mass is 260 g/mol. The van der Waals surface area contributed by atoms with Gasteiger partial charge in [0.05, 0.1) is 13.7 Å². The minimum absolute atomic E-state index is 0.244. The van der Waals surface area contributed by atoms with Crippen LogP contribution in [-0.4, -0.2) is 44.3 Å². The average molecular weight is 260 g/mol. The van der Waals surface area contributed by atoms with Gasteiger partial charge in [-0.25, -0.2) is 9.59 Å². The summed E-state index contributed by atoms with van der Waals surface area (Å²) in [6, 6.07) is -0.750. The van der Waals surface area contributed by atoms with Crippen LogP contribution in [0.5, 0.6) is 0 Å². The Kier molecular flexibility index (Phi) is 8.34. The van der Waals surface area contributed by atoms with E-state index < -0.39 is 24.0 Å². The van der Waals surface area contributed by atoms with Gasteiger partial charge in [-0.3, -0.25) is 4.79 Å². The van der Waals surface area contributed by atoms with Crippen LogP contribution in [0, 0.1) is 0 Å². The van der Waals surface area contributed by atoms with Crippen LogP contribution in [0.4, 0.5) is 4.79 Å². The van der Waals surface area contributed by atoms with E-state index in [1.54, 1.807) is 0 Å². The topological polar surface area (TPSA) is 93.7 Å². The zero-order chi connectivity index (χ0) is 14.0. The molecule has 0 saturated heterocycles. The number of methoxy groups -OCH3 is 1. The second-order valence-electron chi connectivity index (χ2n) is 3.66. The summed E-state index contributed by atoms with van der Waals surface area (Å²) in [5.74, 6) is -1.03. The molecule has 1 atom stereocenters. The maximum atomic E-state index is 11.3. The molecule has 1 unspecified atom stereocenters. The van der Waals surface area contributed by atoms with E-state index in [2.05, 4.69) is 15.4 Å². The molecule has 0 rings (SSSR count). The summed E-state index contributed by atoms with van der Waals surface area (Å²) >= 11 is 0. The van der Waals surface area contributed by atoms with Gasteiger partial charge in [0.15, 0.2) is 0 Å². The van der Waals surface area contributed by atoms with E-state index in [-0.39, 0.29) is 6.54 Å². The van der Waals surface area contributed by atoms with Crippen molar-refractivity contribution in [2.24, 2.45) is 0 Å². The van der Waals surface area contributed by atoms with Crippen molar-refractivity contribution < 1.29 is 23.9 Å². The van der Waals surface area contributed by atoms with Crippen LogP contribution in [0.1, 0.15) is 26.7 Å². The van der Waals surface area contributed by atoms with Gasteiger partial charge in [0, 0.05) is 0 Å². The Labute approximate surface area is 106 Å². The molecule has 0 heterocycles. The quantitative estimate of drug-likeness (QED) is 0.503.